The summed E-state index contributed by atoms with van der Waals surface area (Å²) < 4.78 is 5.11. The van der Waals surface area contributed by atoms with Crippen LogP contribution in [0, 0.1) is 6.92 Å². The number of aryl methyl sites for hydroxylation is 1. The molecule has 0 saturated heterocycles. The Balaban J connectivity index is 2.06. The van der Waals surface area contributed by atoms with Crippen LogP contribution in [0.1, 0.15) is 21.7 Å². The highest BCUT2D eigenvalue weighted by molar-refractivity contribution is 6.31. The fourth-order valence-corrected chi connectivity index (χ4v) is 1.61. The number of aromatic carboxylic acids is 1. The van der Waals surface area contributed by atoms with Crippen molar-refractivity contribution in [3.8, 4) is 0 Å². The first kappa shape index (κ1) is 12.4. The van der Waals surface area contributed by atoms with Crippen molar-refractivity contribution in [1.29, 1.82) is 0 Å². The molecule has 0 radical (unpaired) electrons. The van der Waals surface area contributed by atoms with Crippen LogP contribution in [-0.4, -0.2) is 16.1 Å². The van der Waals surface area contributed by atoms with E-state index in [9.17, 15) is 4.79 Å². The minimum atomic E-state index is -1.01. The van der Waals surface area contributed by atoms with Gasteiger partial charge in [0.2, 0.25) is 0 Å². The molecule has 0 fully saturated rings. The summed E-state index contributed by atoms with van der Waals surface area (Å²) in [6.07, 6.45) is 2.87. The third kappa shape index (κ3) is 2.81. The Morgan fingerprint density at radius 1 is 1.56 bits per heavy atom. The van der Waals surface area contributed by atoms with Crippen molar-refractivity contribution in [2.75, 3.05) is 5.32 Å². The lowest BCUT2D eigenvalue weighted by Crippen LogP contribution is -2.00. The van der Waals surface area contributed by atoms with E-state index in [0.717, 1.165) is 5.56 Å². The predicted octanol–water partition coefficient (Wildman–Crippen LogP) is 2.95. The van der Waals surface area contributed by atoms with Crippen LogP contribution >= 0.6 is 11.6 Å². The minimum absolute atomic E-state index is 0.125. The smallest absolute Gasteiger partial charge is 0.338 e. The molecule has 2 rings (SSSR count). The first-order valence-electron chi connectivity index (χ1n) is 5.23. The van der Waals surface area contributed by atoms with E-state index in [1.165, 1.54) is 12.3 Å². The number of hydrogen-bond donors (Lipinski definition) is 2. The van der Waals surface area contributed by atoms with Gasteiger partial charge in [0.05, 0.1) is 17.8 Å². The van der Waals surface area contributed by atoms with E-state index in [4.69, 9.17) is 21.1 Å². The lowest BCUT2D eigenvalue weighted by atomic mass is 10.3. The average molecular weight is 267 g/mol. The molecular weight excluding hydrogens is 256 g/mol. The topological polar surface area (TPSA) is 75.4 Å². The van der Waals surface area contributed by atoms with Gasteiger partial charge in [0.25, 0.3) is 0 Å². The largest absolute Gasteiger partial charge is 0.478 e. The van der Waals surface area contributed by atoms with Gasteiger partial charge in [-0.1, -0.05) is 11.6 Å². The summed E-state index contributed by atoms with van der Waals surface area (Å²) in [5, 5.41) is 12.2. The van der Waals surface area contributed by atoms with Gasteiger partial charge in [-0.2, -0.15) is 0 Å². The molecule has 0 spiro atoms. The predicted molar refractivity (Wildman–Crippen MR) is 67.0 cm³/mol. The summed E-state index contributed by atoms with van der Waals surface area (Å²) in [5.41, 5.74) is 1.79. The fourth-order valence-electron chi connectivity index (χ4n) is 1.44. The van der Waals surface area contributed by atoms with Gasteiger partial charge in [-0.3, -0.25) is 0 Å². The fraction of sp³-hybridized carbons (Fsp3) is 0.167. The second kappa shape index (κ2) is 5.10. The number of pyridine rings is 1. The molecule has 0 aliphatic rings. The molecule has 0 bridgehead atoms. The van der Waals surface area contributed by atoms with Crippen molar-refractivity contribution >= 4 is 23.3 Å². The number of aromatic nitrogens is 1. The molecule has 0 saturated carbocycles. The second-order valence-electron chi connectivity index (χ2n) is 3.81. The van der Waals surface area contributed by atoms with E-state index in [1.54, 1.807) is 6.20 Å². The minimum Gasteiger partial charge on any atom is -0.478 e. The van der Waals surface area contributed by atoms with Crippen molar-refractivity contribution in [3.05, 3.63) is 46.6 Å². The van der Waals surface area contributed by atoms with Crippen LogP contribution in [0.15, 0.2) is 29.0 Å². The summed E-state index contributed by atoms with van der Waals surface area (Å²) >= 11 is 5.92. The van der Waals surface area contributed by atoms with Gasteiger partial charge >= 0.3 is 5.97 Å². The van der Waals surface area contributed by atoms with Crippen LogP contribution < -0.4 is 5.32 Å². The Kier molecular flexibility index (Phi) is 3.53. The molecule has 0 aliphatic heterocycles. The summed E-state index contributed by atoms with van der Waals surface area (Å²) in [6, 6.07) is 3.32. The maximum absolute atomic E-state index is 10.7. The number of carbonyl (C=O) groups is 1. The van der Waals surface area contributed by atoms with Gasteiger partial charge in [-0.25, -0.2) is 9.78 Å². The second-order valence-corrected chi connectivity index (χ2v) is 4.17. The van der Waals surface area contributed by atoms with E-state index in [0.29, 0.717) is 23.1 Å². The number of furan rings is 1. The maximum Gasteiger partial charge on any atom is 0.338 e. The highest BCUT2D eigenvalue weighted by atomic mass is 35.5. The van der Waals surface area contributed by atoms with E-state index >= 15 is 0 Å². The Bertz CT molecular complexity index is 580. The van der Waals surface area contributed by atoms with Gasteiger partial charge < -0.3 is 14.8 Å². The zero-order chi connectivity index (χ0) is 13.1. The lowest BCUT2D eigenvalue weighted by molar-refractivity contribution is 0.0696. The molecule has 0 atom stereocenters. The molecule has 0 aliphatic carbocycles. The van der Waals surface area contributed by atoms with E-state index in [1.807, 2.05) is 13.0 Å². The van der Waals surface area contributed by atoms with Gasteiger partial charge in [-0.05, 0) is 24.6 Å². The van der Waals surface area contributed by atoms with Gasteiger partial charge in [0.1, 0.15) is 12.0 Å². The summed E-state index contributed by atoms with van der Waals surface area (Å²) in [7, 11) is 0. The monoisotopic (exact) mass is 266 g/mol. The summed E-state index contributed by atoms with van der Waals surface area (Å²) in [6.45, 7) is 2.25. The number of halogens is 1. The van der Waals surface area contributed by atoms with Crippen LogP contribution in [-0.2, 0) is 6.54 Å². The molecule has 94 valence electrons. The standard InChI is InChI=1S/C12H11ClN2O3/c1-7-2-10(11(13)15-4-7)14-5-9-3-8(6-18-9)12(16)17/h2-4,6,14H,5H2,1H3,(H,16,17). The van der Waals surface area contributed by atoms with Crippen LogP contribution in [0.3, 0.4) is 0 Å². The van der Waals surface area contributed by atoms with Crippen LogP contribution in [0.2, 0.25) is 5.15 Å². The molecular formula is C12H11ClN2O3. The first-order chi connectivity index (χ1) is 8.56. The van der Waals surface area contributed by atoms with Crippen molar-refractivity contribution < 1.29 is 14.3 Å². The number of nitrogens with zero attached hydrogens (tertiary/aromatic N) is 1. The van der Waals surface area contributed by atoms with E-state index < -0.39 is 5.97 Å². The van der Waals surface area contributed by atoms with Crippen LogP contribution in [0.5, 0.6) is 0 Å². The molecule has 0 aromatic carbocycles. The highest BCUT2D eigenvalue weighted by Gasteiger charge is 2.08. The molecule has 2 aromatic rings. The molecule has 6 heteroatoms. The number of hydrogen-bond acceptors (Lipinski definition) is 4. The zero-order valence-electron chi connectivity index (χ0n) is 9.61. The van der Waals surface area contributed by atoms with Crippen LogP contribution in [0.4, 0.5) is 5.69 Å². The average Bonchev–Trinajstić information content (AvgIpc) is 2.79. The lowest BCUT2D eigenvalue weighted by Gasteiger charge is -2.06. The molecule has 2 heterocycles. The number of nitrogens with one attached hydrogen (secondary N) is 1. The van der Waals surface area contributed by atoms with Crippen molar-refractivity contribution in [2.45, 2.75) is 13.5 Å². The molecule has 2 aromatic heterocycles. The van der Waals surface area contributed by atoms with Gasteiger partial charge in [-0.15, -0.1) is 0 Å². The Hall–Kier alpha value is -2.01. The molecule has 5 nitrogen and oxygen atoms in total. The van der Waals surface area contributed by atoms with E-state index in [2.05, 4.69) is 10.3 Å². The number of rotatable bonds is 4. The highest BCUT2D eigenvalue weighted by Crippen LogP contribution is 2.20. The number of carboxylic acid groups (broad SMARTS) is 1. The molecule has 0 unspecified atom stereocenters. The van der Waals surface area contributed by atoms with Crippen LogP contribution in [0.25, 0.3) is 0 Å². The molecule has 18 heavy (non-hydrogen) atoms. The third-order valence-electron chi connectivity index (χ3n) is 2.33. The first-order valence-corrected chi connectivity index (χ1v) is 5.61. The summed E-state index contributed by atoms with van der Waals surface area (Å²) in [5.74, 6) is -0.495. The molecule has 0 amide bonds. The van der Waals surface area contributed by atoms with E-state index in [-0.39, 0.29) is 5.56 Å². The normalized spacial score (nSPS) is 10.3. The Morgan fingerprint density at radius 2 is 2.33 bits per heavy atom. The SMILES string of the molecule is Cc1cnc(Cl)c(NCc2cc(C(=O)O)co2)c1. The maximum atomic E-state index is 10.7. The zero-order valence-corrected chi connectivity index (χ0v) is 10.4. The molecule has 2 N–H and O–H groups in total. The van der Waals surface area contributed by atoms with Crippen molar-refractivity contribution in [2.24, 2.45) is 0 Å². The third-order valence-corrected chi connectivity index (χ3v) is 2.63. The van der Waals surface area contributed by atoms with Crippen molar-refractivity contribution in [3.63, 3.8) is 0 Å². The van der Waals surface area contributed by atoms with Gasteiger partial charge in [0, 0.05) is 6.20 Å². The summed E-state index contributed by atoms with van der Waals surface area (Å²) in [4.78, 5) is 14.7. The number of carboxylic acids is 1. The van der Waals surface area contributed by atoms with Crippen molar-refractivity contribution in [1.82, 2.24) is 4.98 Å². The Morgan fingerprint density at radius 3 is 3.00 bits per heavy atom. The quantitative estimate of drug-likeness (QED) is 0.832. The number of anilines is 1. The van der Waals surface area contributed by atoms with Gasteiger partial charge in [0.15, 0.2) is 5.15 Å². The Labute approximate surface area is 108 Å².